The van der Waals surface area contributed by atoms with E-state index in [0.29, 0.717) is 23.2 Å². The summed E-state index contributed by atoms with van der Waals surface area (Å²) in [7, 11) is 1.62. The molecular weight excluding hydrogens is 308 g/mol. The fourth-order valence-electron chi connectivity index (χ4n) is 2.57. The third-order valence-electron chi connectivity index (χ3n) is 3.88. The SMILES string of the molecule is COc1ccc(C(C)CC(=O)Nc2ccc3oc(=O)[nH]c3c2)cc1. The minimum absolute atomic E-state index is 0.0772. The quantitative estimate of drug-likeness (QED) is 0.753. The Morgan fingerprint density at radius 3 is 2.71 bits per heavy atom. The van der Waals surface area contributed by atoms with Gasteiger partial charge in [-0.2, -0.15) is 0 Å². The minimum atomic E-state index is -0.512. The number of carbonyl (C=O) groups excluding carboxylic acids is 1. The molecule has 0 aliphatic heterocycles. The van der Waals surface area contributed by atoms with Crippen LogP contribution in [0, 0.1) is 0 Å². The van der Waals surface area contributed by atoms with Gasteiger partial charge in [0, 0.05) is 12.1 Å². The lowest BCUT2D eigenvalue weighted by Crippen LogP contribution is -2.14. The number of fused-ring (bicyclic) bond motifs is 1. The second kappa shape index (κ2) is 6.62. The number of methoxy groups -OCH3 is 1. The maximum Gasteiger partial charge on any atom is 0.417 e. The zero-order valence-electron chi connectivity index (χ0n) is 13.5. The van der Waals surface area contributed by atoms with Crippen molar-refractivity contribution in [2.45, 2.75) is 19.3 Å². The van der Waals surface area contributed by atoms with Gasteiger partial charge in [0.1, 0.15) is 5.75 Å². The Morgan fingerprint density at radius 1 is 1.25 bits per heavy atom. The second-order valence-corrected chi connectivity index (χ2v) is 5.65. The second-order valence-electron chi connectivity index (χ2n) is 5.65. The van der Waals surface area contributed by atoms with Crippen LogP contribution in [0.5, 0.6) is 5.75 Å². The molecule has 3 aromatic rings. The molecule has 2 N–H and O–H groups in total. The van der Waals surface area contributed by atoms with Crippen molar-refractivity contribution >= 4 is 22.7 Å². The summed E-state index contributed by atoms with van der Waals surface area (Å²) >= 11 is 0. The number of carbonyl (C=O) groups is 1. The first kappa shape index (κ1) is 15.9. The van der Waals surface area contributed by atoms with Gasteiger partial charge in [-0.25, -0.2) is 4.79 Å². The van der Waals surface area contributed by atoms with Crippen LogP contribution in [0.25, 0.3) is 11.1 Å². The summed E-state index contributed by atoms with van der Waals surface area (Å²) in [5.41, 5.74) is 2.71. The highest BCUT2D eigenvalue weighted by Crippen LogP contribution is 2.23. The summed E-state index contributed by atoms with van der Waals surface area (Å²) in [6.45, 7) is 2.00. The summed E-state index contributed by atoms with van der Waals surface area (Å²) in [4.78, 5) is 25.9. The Hall–Kier alpha value is -3.02. The van der Waals surface area contributed by atoms with Crippen molar-refractivity contribution < 1.29 is 13.9 Å². The van der Waals surface area contributed by atoms with E-state index in [-0.39, 0.29) is 11.8 Å². The molecule has 124 valence electrons. The maximum absolute atomic E-state index is 12.2. The molecule has 1 heterocycles. The smallest absolute Gasteiger partial charge is 0.417 e. The highest BCUT2D eigenvalue weighted by atomic mass is 16.5. The number of ether oxygens (including phenoxy) is 1. The normalized spacial score (nSPS) is 12.1. The molecular formula is C18H18N2O4. The number of hydrogen-bond acceptors (Lipinski definition) is 4. The summed E-state index contributed by atoms with van der Waals surface area (Å²) in [6, 6.07) is 12.7. The Bertz CT molecular complexity index is 909. The van der Waals surface area contributed by atoms with Gasteiger partial charge in [-0.1, -0.05) is 19.1 Å². The molecule has 1 atom stereocenters. The molecule has 24 heavy (non-hydrogen) atoms. The number of oxazole rings is 1. The van der Waals surface area contributed by atoms with Gasteiger partial charge < -0.3 is 14.5 Å². The fraction of sp³-hybridized carbons (Fsp3) is 0.222. The van der Waals surface area contributed by atoms with Crippen molar-refractivity contribution in [3.8, 4) is 5.75 Å². The molecule has 6 heteroatoms. The number of anilines is 1. The number of aromatic nitrogens is 1. The van der Waals surface area contributed by atoms with Crippen molar-refractivity contribution in [1.29, 1.82) is 0 Å². The van der Waals surface area contributed by atoms with Gasteiger partial charge in [-0.3, -0.25) is 9.78 Å². The molecule has 1 unspecified atom stereocenters. The molecule has 0 saturated carbocycles. The van der Waals surface area contributed by atoms with Crippen LogP contribution in [-0.2, 0) is 4.79 Å². The zero-order valence-corrected chi connectivity index (χ0v) is 13.5. The number of rotatable bonds is 5. The van der Waals surface area contributed by atoms with Gasteiger partial charge >= 0.3 is 5.76 Å². The van der Waals surface area contributed by atoms with Crippen LogP contribution >= 0.6 is 0 Å². The van der Waals surface area contributed by atoms with Gasteiger partial charge in [-0.05, 0) is 41.8 Å². The molecule has 0 radical (unpaired) electrons. The number of amides is 1. The standard InChI is InChI=1S/C18H18N2O4/c1-11(12-3-6-14(23-2)7-4-12)9-17(21)19-13-5-8-16-15(10-13)20-18(22)24-16/h3-8,10-11H,9H2,1-2H3,(H,19,21)(H,20,22). The van der Waals surface area contributed by atoms with Crippen molar-refractivity contribution in [2.24, 2.45) is 0 Å². The predicted octanol–water partition coefficient (Wildman–Crippen LogP) is 3.26. The summed E-state index contributed by atoms with van der Waals surface area (Å²) in [5, 5.41) is 2.84. The number of benzene rings is 2. The number of nitrogens with one attached hydrogen (secondary N) is 2. The topological polar surface area (TPSA) is 84.3 Å². The Balaban J connectivity index is 1.65. The van der Waals surface area contributed by atoms with E-state index >= 15 is 0 Å². The molecule has 0 saturated heterocycles. The average Bonchev–Trinajstić information content (AvgIpc) is 2.94. The third kappa shape index (κ3) is 3.48. The highest BCUT2D eigenvalue weighted by Gasteiger charge is 2.12. The van der Waals surface area contributed by atoms with E-state index in [1.54, 1.807) is 25.3 Å². The van der Waals surface area contributed by atoms with E-state index in [2.05, 4.69) is 10.3 Å². The van der Waals surface area contributed by atoms with Crippen LogP contribution in [0.2, 0.25) is 0 Å². The molecule has 0 bridgehead atoms. The molecule has 0 fully saturated rings. The maximum atomic E-state index is 12.2. The first-order valence-corrected chi connectivity index (χ1v) is 7.62. The van der Waals surface area contributed by atoms with Crippen molar-refractivity contribution in [1.82, 2.24) is 4.98 Å². The van der Waals surface area contributed by atoms with Crippen molar-refractivity contribution in [2.75, 3.05) is 12.4 Å². The first-order chi connectivity index (χ1) is 11.5. The lowest BCUT2D eigenvalue weighted by Gasteiger charge is -2.12. The molecule has 0 aliphatic carbocycles. The van der Waals surface area contributed by atoms with Gasteiger partial charge in [0.15, 0.2) is 5.58 Å². The van der Waals surface area contributed by atoms with Crippen LogP contribution in [-0.4, -0.2) is 18.0 Å². The third-order valence-corrected chi connectivity index (χ3v) is 3.88. The molecule has 1 aromatic heterocycles. The molecule has 0 spiro atoms. The number of aromatic amines is 1. The van der Waals surface area contributed by atoms with Crippen LogP contribution in [0.15, 0.2) is 51.7 Å². The van der Waals surface area contributed by atoms with E-state index in [1.165, 1.54) is 0 Å². The highest BCUT2D eigenvalue weighted by molar-refractivity contribution is 5.93. The molecule has 3 rings (SSSR count). The van der Waals surface area contributed by atoms with Crippen LogP contribution in [0.4, 0.5) is 5.69 Å². The summed E-state index contributed by atoms with van der Waals surface area (Å²) < 4.78 is 10.1. The lowest BCUT2D eigenvalue weighted by molar-refractivity contribution is -0.116. The summed E-state index contributed by atoms with van der Waals surface area (Å²) in [6.07, 6.45) is 0.353. The minimum Gasteiger partial charge on any atom is -0.497 e. The van der Waals surface area contributed by atoms with Crippen molar-refractivity contribution in [3.63, 3.8) is 0 Å². The Kier molecular flexibility index (Phi) is 4.37. The van der Waals surface area contributed by atoms with E-state index in [0.717, 1.165) is 11.3 Å². The van der Waals surface area contributed by atoms with E-state index in [4.69, 9.17) is 9.15 Å². The predicted molar refractivity (Wildman–Crippen MR) is 91.5 cm³/mol. The van der Waals surface area contributed by atoms with Gasteiger partial charge in [0.2, 0.25) is 5.91 Å². The average molecular weight is 326 g/mol. The zero-order chi connectivity index (χ0) is 17.1. The van der Waals surface area contributed by atoms with Crippen molar-refractivity contribution in [3.05, 3.63) is 58.6 Å². The van der Waals surface area contributed by atoms with Crippen LogP contribution in [0.3, 0.4) is 0 Å². The molecule has 0 aliphatic rings. The van der Waals surface area contributed by atoms with E-state index in [9.17, 15) is 9.59 Å². The monoisotopic (exact) mass is 326 g/mol. The number of H-pyrrole nitrogens is 1. The Labute approximate surface area is 138 Å². The molecule has 2 aromatic carbocycles. The number of hydrogen-bond donors (Lipinski definition) is 2. The van der Waals surface area contributed by atoms with Crippen LogP contribution in [0.1, 0.15) is 24.8 Å². The molecule has 1 amide bonds. The largest absolute Gasteiger partial charge is 0.497 e. The van der Waals surface area contributed by atoms with E-state index in [1.807, 2.05) is 31.2 Å². The summed E-state index contributed by atoms with van der Waals surface area (Å²) in [5.74, 6) is 0.260. The Morgan fingerprint density at radius 2 is 2.00 bits per heavy atom. The van der Waals surface area contributed by atoms with Gasteiger partial charge in [-0.15, -0.1) is 0 Å². The first-order valence-electron chi connectivity index (χ1n) is 7.62. The van der Waals surface area contributed by atoms with E-state index < -0.39 is 5.76 Å². The lowest BCUT2D eigenvalue weighted by atomic mass is 9.97. The fourth-order valence-corrected chi connectivity index (χ4v) is 2.57. The van der Waals surface area contributed by atoms with Crippen LogP contribution < -0.4 is 15.8 Å². The van der Waals surface area contributed by atoms with Gasteiger partial charge in [0.25, 0.3) is 0 Å². The van der Waals surface area contributed by atoms with Gasteiger partial charge in [0.05, 0.1) is 12.6 Å². The molecule has 6 nitrogen and oxygen atoms in total.